The minimum absolute atomic E-state index is 0.146. The molecule has 4 heterocycles. The zero-order chi connectivity index (χ0) is 28.3. The molecule has 0 bridgehead atoms. The fourth-order valence-electron chi connectivity index (χ4n) is 5.02. The van der Waals surface area contributed by atoms with Crippen molar-refractivity contribution in [3.8, 4) is 23.0 Å². The van der Waals surface area contributed by atoms with Gasteiger partial charge in [-0.2, -0.15) is 0 Å². The van der Waals surface area contributed by atoms with Gasteiger partial charge in [0.1, 0.15) is 12.0 Å². The standard InChI is InChI=1S/C30H31N7O4/c1-3-7-25-23(28(38)37(27(34-25)19-11-12-19)29-32-16-20(17-33-29)40-4-2)14-18-10-13-24(31-15-18)21-8-5-6-9-22(21)26-35-30(39)41-36-26/h5-6,8-10,13,15-17,19,26,36H,3-4,7,11-12,14H2,1-2H3,(H,35,39). The minimum atomic E-state index is -0.529. The average molecular weight is 554 g/mol. The van der Waals surface area contributed by atoms with Crippen LogP contribution in [0.25, 0.3) is 17.2 Å². The maximum Gasteiger partial charge on any atom is 0.427 e. The van der Waals surface area contributed by atoms with Crippen molar-refractivity contribution in [2.45, 2.75) is 58.0 Å². The van der Waals surface area contributed by atoms with Crippen molar-refractivity contribution >= 4 is 6.09 Å². The largest absolute Gasteiger partial charge is 0.491 e. The summed E-state index contributed by atoms with van der Waals surface area (Å²) in [5, 5.41) is 2.73. The average Bonchev–Trinajstić information content (AvgIpc) is 3.75. The van der Waals surface area contributed by atoms with Crippen LogP contribution in [-0.2, 0) is 17.7 Å². The molecule has 41 heavy (non-hydrogen) atoms. The Bertz CT molecular complexity index is 1620. The number of nitrogens with one attached hydrogen (secondary N) is 2. The summed E-state index contributed by atoms with van der Waals surface area (Å²) >= 11 is 0. The number of pyridine rings is 1. The van der Waals surface area contributed by atoms with Crippen molar-refractivity contribution in [3.05, 3.63) is 93.6 Å². The quantitative estimate of drug-likeness (QED) is 0.297. The fraction of sp³-hybridized carbons (Fsp3) is 0.333. The maximum atomic E-state index is 14.1. The lowest BCUT2D eigenvalue weighted by Gasteiger charge is -2.16. The van der Waals surface area contributed by atoms with Crippen LogP contribution < -0.4 is 21.1 Å². The van der Waals surface area contributed by atoms with E-state index in [-0.39, 0.29) is 11.5 Å². The van der Waals surface area contributed by atoms with E-state index in [1.807, 2.05) is 43.3 Å². The third-order valence-electron chi connectivity index (χ3n) is 7.13. The summed E-state index contributed by atoms with van der Waals surface area (Å²) in [6, 6.07) is 11.6. The first-order chi connectivity index (χ1) is 20.1. The van der Waals surface area contributed by atoms with Crippen molar-refractivity contribution in [1.29, 1.82) is 0 Å². The van der Waals surface area contributed by atoms with E-state index in [9.17, 15) is 9.59 Å². The molecule has 1 aliphatic carbocycles. The van der Waals surface area contributed by atoms with Crippen molar-refractivity contribution in [2.24, 2.45) is 0 Å². The summed E-state index contributed by atoms with van der Waals surface area (Å²) in [5.41, 5.74) is 7.31. The van der Waals surface area contributed by atoms with Crippen LogP contribution in [-0.4, -0.2) is 37.2 Å². The van der Waals surface area contributed by atoms with Crippen LogP contribution in [0.15, 0.2) is 59.8 Å². The fourth-order valence-corrected chi connectivity index (χ4v) is 5.02. The SMILES string of the molecule is CCCc1nc(C2CC2)n(-c2ncc(OCC)cn2)c(=O)c1Cc1ccc(-c2ccccc2C2NOC(=O)N2)nc1. The van der Waals surface area contributed by atoms with Gasteiger partial charge in [-0.25, -0.2) is 24.3 Å². The van der Waals surface area contributed by atoms with Crippen molar-refractivity contribution < 1.29 is 14.4 Å². The van der Waals surface area contributed by atoms with E-state index in [1.165, 1.54) is 0 Å². The first-order valence-electron chi connectivity index (χ1n) is 13.9. The highest BCUT2D eigenvalue weighted by atomic mass is 16.7. The van der Waals surface area contributed by atoms with Gasteiger partial charge in [0.2, 0.25) is 5.95 Å². The second-order valence-electron chi connectivity index (χ2n) is 10.1. The van der Waals surface area contributed by atoms with E-state index in [0.717, 1.165) is 53.2 Å². The summed E-state index contributed by atoms with van der Waals surface area (Å²) in [7, 11) is 0. The lowest BCUT2D eigenvalue weighted by molar-refractivity contribution is 0.122. The maximum absolute atomic E-state index is 14.1. The molecule has 6 rings (SSSR count). The zero-order valence-electron chi connectivity index (χ0n) is 23.0. The number of hydrogen-bond donors (Lipinski definition) is 2. The van der Waals surface area contributed by atoms with Gasteiger partial charge in [-0.05, 0) is 37.8 Å². The summed E-state index contributed by atoms with van der Waals surface area (Å²) in [5.74, 6) is 1.82. The third-order valence-corrected chi connectivity index (χ3v) is 7.13. The van der Waals surface area contributed by atoms with Crippen LogP contribution in [0.2, 0.25) is 0 Å². The predicted octanol–water partition coefficient (Wildman–Crippen LogP) is 4.15. The lowest BCUT2D eigenvalue weighted by atomic mass is 9.99. The summed E-state index contributed by atoms with van der Waals surface area (Å²) in [6.45, 7) is 4.49. The number of benzene rings is 1. The van der Waals surface area contributed by atoms with Crippen molar-refractivity contribution in [1.82, 2.24) is 35.3 Å². The number of aryl methyl sites for hydroxylation is 1. The Hall–Kier alpha value is -4.64. The van der Waals surface area contributed by atoms with Crippen LogP contribution in [0.3, 0.4) is 0 Å². The first-order valence-corrected chi connectivity index (χ1v) is 13.9. The van der Waals surface area contributed by atoms with Gasteiger partial charge in [-0.1, -0.05) is 43.7 Å². The number of rotatable bonds is 10. The van der Waals surface area contributed by atoms with Gasteiger partial charge in [0, 0.05) is 35.2 Å². The molecule has 3 aromatic heterocycles. The molecule has 1 saturated heterocycles. The molecule has 1 aliphatic heterocycles. The zero-order valence-corrected chi connectivity index (χ0v) is 23.0. The Morgan fingerprint density at radius 2 is 1.83 bits per heavy atom. The number of carbonyl (C=O) groups is 1. The van der Waals surface area contributed by atoms with Crippen LogP contribution in [0, 0.1) is 0 Å². The van der Waals surface area contributed by atoms with Crippen molar-refractivity contribution in [2.75, 3.05) is 6.61 Å². The van der Waals surface area contributed by atoms with Crippen molar-refractivity contribution in [3.63, 3.8) is 0 Å². The summed E-state index contributed by atoms with van der Waals surface area (Å²) < 4.78 is 7.06. The predicted molar refractivity (Wildman–Crippen MR) is 151 cm³/mol. The number of aromatic nitrogens is 5. The molecule has 1 aromatic carbocycles. The van der Waals surface area contributed by atoms with E-state index in [0.29, 0.717) is 36.7 Å². The van der Waals surface area contributed by atoms with Gasteiger partial charge in [0.15, 0.2) is 5.75 Å². The second-order valence-corrected chi connectivity index (χ2v) is 10.1. The molecule has 1 unspecified atom stereocenters. The number of nitrogens with zero attached hydrogens (tertiary/aromatic N) is 5. The molecular weight excluding hydrogens is 522 g/mol. The molecule has 1 atom stereocenters. The highest BCUT2D eigenvalue weighted by Gasteiger charge is 2.32. The Morgan fingerprint density at radius 1 is 1.02 bits per heavy atom. The van der Waals surface area contributed by atoms with Gasteiger partial charge in [0.05, 0.1) is 30.4 Å². The monoisotopic (exact) mass is 553 g/mol. The normalized spacial score (nSPS) is 16.3. The molecule has 0 radical (unpaired) electrons. The summed E-state index contributed by atoms with van der Waals surface area (Å²) in [6.07, 6.45) is 7.90. The van der Waals surface area contributed by atoms with E-state index in [2.05, 4.69) is 27.7 Å². The van der Waals surface area contributed by atoms with Gasteiger partial charge in [0.25, 0.3) is 5.56 Å². The first kappa shape index (κ1) is 26.6. The third kappa shape index (κ3) is 5.53. The Morgan fingerprint density at radius 3 is 2.49 bits per heavy atom. The number of ether oxygens (including phenoxy) is 1. The number of carbonyl (C=O) groups excluding carboxylic acids is 1. The van der Waals surface area contributed by atoms with Crippen LogP contribution in [0.1, 0.15) is 73.4 Å². The number of amides is 1. The van der Waals surface area contributed by atoms with Crippen LogP contribution in [0.5, 0.6) is 5.75 Å². The van der Waals surface area contributed by atoms with Gasteiger partial charge in [-0.15, -0.1) is 5.48 Å². The molecule has 2 fully saturated rings. The van der Waals surface area contributed by atoms with Gasteiger partial charge < -0.3 is 9.57 Å². The topological polar surface area (TPSA) is 133 Å². The molecule has 11 heteroatoms. The van der Waals surface area contributed by atoms with E-state index >= 15 is 0 Å². The molecule has 1 saturated carbocycles. The number of hydroxylamine groups is 1. The highest BCUT2D eigenvalue weighted by molar-refractivity contribution is 5.71. The smallest absolute Gasteiger partial charge is 0.427 e. The lowest BCUT2D eigenvalue weighted by Crippen LogP contribution is -2.30. The van der Waals surface area contributed by atoms with Gasteiger partial charge >= 0.3 is 6.09 Å². The molecule has 1 amide bonds. The second kappa shape index (κ2) is 11.5. The van der Waals surface area contributed by atoms with Crippen LogP contribution >= 0.6 is 0 Å². The Labute approximate surface area is 237 Å². The van der Waals surface area contributed by atoms with E-state index in [4.69, 9.17) is 19.5 Å². The minimum Gasteiger partial charge on any atom is -0.491 e. The number of hydrogen-bond acceptors (Lipinski definition) is 9. The molecule has 2 N–H and O–H groups in total. The molecule has 210 valence electrons. The van der Waals surface area contributed by atoms with Gasteiger partial charge in [-0.3, -0.25) is 15.1 Å². The Balaban J connectivity index is 1.35. The molecular formula is C30H31N7O4. The molecule has 11 nitrogen and oxygen atoms in total. The van der Waals surface area contributed by atoms with E-state index in [1.54, 1.807) is 23.2 Å². The van der Waals surface area contributed by atoms with E-state index < -0.39 is 12.3 Å². The Kier molecular flexibility index (Phi) is 7.43. The molecule has 2 aliphatic rings. The summed E-state index contributed by atoms with van der Waals surface area (Å²) in [4.78, 5) is 49.1. The van der Waals surface area contributed by atoms with Crippen LogP contribution in [0.4, 0.5) is 4.79 Å². The molecule has 0 spiro atoms. The highest BCUT2D eigenvalue weighted by Crippen LogP contribution is 2.39. The molecule has 4 aromatic rings.